The lowest BCUT2D eigenvalue weighted by Gasteiger charge is -2.08. The molecule has 0 aliphatic rings. The van der Waals surface area contributed by atoms with Crippen LogP contribution in [0.2, 0.25) is 0 Å². The minimum absolute atomic E-state index is 0.589. The molecule has 2 aromatic carbocycles. The number of hydrogen-bond acceptors (Lipinski definition) is 2. The highest BCUT2D eigenvalue weighted by atomic mass is 14.5. The highest BCUT2D eigenvalue weighted by Crippen LogP contribution is 2.24. The molecule has 0 spiro atoms. The van der Waals surface area contributed by atoms with Crippen molar-refractivity contribution in [3.8, 4) is 11.1 Å². The van der Waals surface area contributed by atoms with Gasteiger partial charge in [0.05, 0.1) is 0 Å². The Morgan fingerprint density at radius 1 is 0.824 bits per heavy atom. The Morgan fingerprint density at radius 3 is 1.94 bits per heavy atom. The normalized spacial score (nSPS) is 10.5. The van der Waals surface area contributed by atoms with Crippen LogP contribution < -0.4 is 11.5 Å². The average molecular weight is 226 g/mol. The largest absolute Gasteiger partial charge is 0.326 e. The molecule has 2 aromatic rings. The molecule has 0 bridgehead atoms. The molecule has 88 valence electrons. The molecule has 0 saturated heterocycles. The third-order valence-electron chi connectivity index (χ3n) is 3.03. The summed E-state index contributed by atoms with van der Waals surface area (Å²) < 4.78 is 0. The van der Waals surface area contributed by atoms with Crippen molar-refractivity contribution in [3.05, 3.63) is 59.2 Å². The van der Waals surface area contributed by atoms with E-state index in [0.717, 1.165) is 5.56 Å². The molecule has 0 atom stereocenters. The summed E-state index contributed by atoms with van der Waals surface area (Å²) in [4.78, 5) is 0. The second kappa shape index (κ2) is 5.13. The molecule has 0 radical (unpaired) electrons. The van der Waals surface area contributed by atoms with Gasteiger partial charge in [0, 0.05) is 13.1 Å². The van der Waals surface area contributed by atoms with Gasteiger partial charge >= 0.3 is 0 Å². The second-order valence-electron chi connectivity index (χ2n) is 4.25. The fourth-order valence-corrected chi connectivity index (χ4v) is 2.00. The van der Waals surface area contributed by atoms with E-state index in [-0.39, 0.29) is 0 Å². The summed E-state index contributed by atoms with van der Waals surface area (Å²) in [5.74, 6) is 0. The molecular weight excluding hydrogens is 208 g/mol. The molecule has 0 aromatic heterocycles. The van der Waals surface area contributed by atoms with Crippen molar-refractivity contribution in [1.29, 1.82) is 0 Å². The van der Waals surface area contributed by atoms with Crippen molar-refractivity contribution in [2.45, 2.75) is 20.0 Å². The van der Waals surface area contributed by atoms with E-state index >= 15 is 0 Å². The number of hydrogen-bond donors (Lipinski definition) is 2. The first kappa shape index (κ1) is 11.8. The zero-order valence-corrected chi connectivity index (χ0v) is 10.1. The monoisotopic (exact) mass is 226 g/mol. The van der Waals surface area contributed by atoms with Gasteiger partial charge in [0.25, 0.3) is 0 Å². The van der Waals surface area contributed by atoms with Crippen LogP contribution >= 0.6 is 0 Å². The molecule has 4 N–H and O–H groups in total. The van der Waals surface area contributed by atoms with Crippen molar-refractivity contribution in [3.63, 3.8) is 0 Å². The van der Waals surface area contributed by atoms with Gasteiger partial charge in [0.1, 0.15) is 0 Å². The van der Waals surface area contributed by atoms with Gasteiger partial charge in [-0.1, -0.05) is 42.5 Å². The molecule has 0 unspecified atom stereocenters. The fourth-order valence-electron chi connectivity index (χ4n) is 2.00. The van der Waals surface area contributed by atoms with E-state index in [2.05, 4.69) is 49.4 Å². The first-order valence-corrected chi connectivity index (χ1v) is 5.83. The molecule has 0 amide bonds. The maximum absolute atomic E-state index is 5.63. The topological polar surface area (TPSA) is 52.0 Å². The molecule has 17 heavy (non-hydrogen) atoms. The van der Waals surface area contributed by atoms with E-state index in [1.165, 1.54) is 22.3 Å². The molecule has 2 heteroatoms. The van der Waals surface area contributed by atoms with Crippen LogP contribution in [0.1, 0.15) is 16.7 Å². The van der Waals surface area contributed by atoms with E-state index in [0.29, 0.717) is 13.1 Å². The average Bonchev–Trinajstić information content (AvgIpc) is 2.39. The zero-order valence-electron chi connectivity index (χ0n) is 10.1. The summed E-state index contributed by atoms with van der Waals surface area (Å²) in [6.45, 7) is 3.30. The molecule has 2 nitrogen and oxygen atoms in total. The Bertz CT molecular complexity index is 501. The van der Waals surface area contributed by atoms with E-state index in [4.69, 9.17) is 11.5 Å². The highest BCUT2D eigenvalue weighted by molar-refractivity contribution is 5.67. The smallest absolute Gasteiger partial charge is 0.0178 e. The lowest BCUT2D eigenvalue weighted by atomic mass is 9.97. The van der Waals surface area contributed by atoms with Crippen molar-refractivity contribution >= 4 is 0 Å². The van der Waals surface area contributed by atoms with Gasteiger partial charge in [-0.25, -0.2) is 0 Å². The van der Waals surface area contributed by atoms with Crippen LogP contribution in [-0.4, -0.2) is 0 Å². The zero-order chi connectivity index (χ0) is 12.3. The Balaban J connectivity index is 2.38. The minimum atomic E-state index is 0.589. The molecule has 2 rings (SSSR count). The van der Waals surface area contributed by atoms with Gasteiger partial charge in [-0.05, 0) is 34.7 Å². The Kier molecular flexibility index (Phi) is 3.57. The minimum Gasteiger partial charge on any atom is -0.326 e. The number of nitrogens with two attached hydrogens (primary N) is 2. The fraction of sp³-hybridized carbons (Fsp3) is 0.200. The van der Waals surface area contributed by atoms with Crippen molar-refractivity contribution < 1.29 is 0 Å². The predicted octanol–water partition coefficient (Wildman–Crippen LogP) is 2.58. The molecule has 0 aliphatic carbocycles. The van der Waals surface area contributed by atoms with Crippen LogP contribution in [0, 0.1) is 6.92 Å². The molecule has 0 heterocycles. The standard InChI is InChI=1S/C15H18N2/c1-11-8-13(10-17)4-7-15(11)14-5-2-12(9-16)3-6-14/h2-8H,9-10,16-17H2,1H3. The Labute approximate surface area is 102 Å². The van der Waals surface area contributed by atoms with Gasteiger partial charge in [-0.3, -0.25) is 0 Å². The molecule has 0 aliphatic heterocycles. The SMILES string of the molecule is Cc1cc(CN)ccc1-c1ccc(CN)cc1. The lowest BCUT2D eigenvalue weighted by Crippen LogP contribution is -1.97. The lowest BCUT2D eigenvalue weighted by molar-refractivity contribution is 1.07. The number of benzene rings is 2. The van der Waals surface area contributed by atoms with Crippen LogP contribution in [0.15, 0.2) is 42.5 Å². The van der Waals surface area contributed by atoms with Crippen LogP contribution in [0.3, 0.4) is 0 Å². The Hall–Kier alpha value is -1.64. The summed E-state index contributed by atoms with van der Waals surface area (Å²) >= 11 is 0. The van der Waals surface area contributed by atoms with Crippen molar-refractivity contribution in [2.24, 2.45) is 11.5 Å². The molecule has 0 fully saturated rings. The summed E-state index contributed by atoms with van der Waals surface area (Å²) in [7, 11) is 0. The maximum atomic E-state index is 5.63. The number of rotatable bonds is 3. The first-order chi connectivity index (χ1) is 8.24. The van der Waals surface area contributed by atoms with Crippen molar-refractivity contribution in [1.82, 2.24) is 0 Å². The van der Waals surface area contributed by atoms with Crippen LogP contribution in [-0.2, 0) is 13.1 Å². The van der Waals surface area contributed by atoms with Crippen molar-refractivity contribution in [2.75, 3.05) is 0 Å². The van der Waals surface area contributed by atoms with Crippen LogP contribution in [0.25, 0.3) is 11.1 Å². The molecule has 0 saturated carbocycles. The van der Waals surface area contributed by atoms with Gasteiger partial charge in [0.15, 0.2) is 0 Å². The highest BCUT2D eigenvalue weighted by Gasteiger charge is 2.02. The third kappa shape index (κ3) is 2.54. The summed E-state index contributed by atoms with van der Waals surface area (Å²) in [6.07, 6.45) is 0. The summed E-state index contributed by atoms with van der Waals surface area (Å²) in [5, 5.41) is 0. The third-order valence-corrected chi connectivity index (χ3v) is 3.03. The van der Waals surface area contributed by atoms with Crippen LogP contribution in [0.5, 0.6) is 0 Å². The van der Waals surface area contributed by atoms with Crippen LogP contribution in [0.4, 0.5) is 0 Å². The predicted molar refractivity (Wildman–Crippen MR) is 72.4 cm³/mol. The quantitative estimate of drug-likeness (QED) is 0.845. The number of aryl methyl sites for hydroxylation is 1. The van der Waals surface area contributed by atoms with E-state index in [1.54, 1.807) is 0 Å². The summed E-state index contributed by atoms with van der Waals surface area (Å²) in [5.41, 5.74) is 17.3. The maximum Gasteiger partial charge on any atom is 0.0178 e. The van der Waals surface area contributed by atoms with E-state index in [1.807, 2.05) is 0 Å². The Morgan fingerprint density at radius 2 is 1.41 bits per heavy atom. The summed E-state index contributed by atoms with van der Waals surface area (Å²) in [6, 6.07) is 14.7. The van der Waals surface area contributed by atoms with E-state index < -0.39 is 0 Å². The van der Waals surface area contributed by atoms with Gasteiger partial charge in [0.2, 0.25) is 0 Å². The van der Waals surface area contributed by atoms with Gasteiger partial charge in [-0.15, -0.1) is 0 Å². The second-order valence-corrected chi connectivity index (χ2v) is 4.25. The first-order valence-electron chi connectivity index (χ1n) is 5.83. The van der Waals surface area contributed by atoms with Gasteiger partial charge in [-0.2, -0.15) is 0 Å². The van der Waals surface area contributed by atoms with Gasteiger partial charge < -0.3 is 11.5 Å². The van der Waals surface area contributed by atoms with E-state index in [9.17, 15) is 0 Å². The molecular formula is C15H18N2.